The quantitative estimate of drug-likeness (QED) is 0.420. The summed E-state index contributed by atoms with van der Waals surface area (Å²) >= 11 is 0. The fourth-order valence-electron chi connectivity index (χ4n) is 4.86. The lowest BCUT2D eigenvalue weighted by atomic mass is 9.86. The summed E-state index contributed by atoms with van der Waals surface area (Å²) in [5.74, 6) is 1.01. The van der Waals surface area contributed by atoms with E-state index in [0.717, 1.165) is 41.5 Å². The van der Waals surface area contributed by atoms with Crippen molar-refractivity contribution in [1.82, 2.24) is 4.90 Å². The second-order valence-electron chi connectivity index (χ2n) is 9.30. The summed E-state index contributed by atoms with van der Waals surface area (Å²) in [4.78, 5) is 15.1. The number of nitrogens with one attached hydrogen (secondary N) is 1. The third-order valence-electron chi connectivity index (χ3n) is 6.96. The molecule has 196 valence electrons. The molecule has 1 N–H and O–H groups in total. The van der Waals surface area contributed by atoms with Gasteiger partial charge in [0, 0.05) is 12.7 Å². The molecule has 0 bridgehead atoms. The number of benzene rings is 3. The molecule has 37 heavy (non-hydrogen) atoms. The van der Waals surface area contributed by atoms with Crippen LogP contribution in [0.2, 0.25) is 0 Å². The highest BCUT2D eigenvalue weighted by Crippen LogP contribution is 2.36. The molecule has 1 unspecified atom stereocenters. The van der Waals surface area contributed by atoms with Crippen molar-refractivity contribution in [2.24, 2.45) is 0 Å². The maximum absolute atomic E-state index is 13.3. The number of hydrogen-bond donors (Lipinski definition) is 1. The maximum Gasteiger partial charge on any atom is 0.265 e. The van der Waals surface area contributed by atoms with E-state index in [4.69, 9.17) is 9.47 Å². The first kappa shape index (κ1) is 26.5. The molecule has 0 aromatic heterocycles. The Bertz CT molecular complexity index is 1390. The van der Waals surface area contributed by atoms with E-state index >= 15 is 0 Å². The van der Waals surface area contributed by atoms with E-state index in [2.05, 4.69) is 4.72 Å². The summed E-state index contributed by atoms with van der Waals surface area (Å²) in [6.07, 6.45) is 3.64. The van der Waals surface area contributed by atoms with Crippen molar-refractivity contribution in [2.75, 3.05) is 26.0 Å². The van der Waals surface area contributed by atoms with Crippen molar-refractivity contribution >= 4 is 21.6 Å². The molecule has 4 rings (SSSR count). The lowest BCUT2D eigenvalue weighted by Crippen LogP contribution is -2.34. The smallest absolute Gasteiger partial charge is 0.265 e. The summed E-state index contributed by atoms with van der Waals surface area (Å²) in [5, 5.41) is 0. The lowest BCUT2D eigenvalue weighted by Gasteiger charge is -2.34. The average Bonchev–Trinajstić information content (AvgIpc) is 2.91. The highest BCUT2D eigenvalue weighted by molar-refractivity contribution is 7.92. The van der Waals surface area contributed by atoms with Gasteiger partial charge in [-0.1, -0.05) is 31.2 Å². The number of anilines is 1. The van der Waals surface area contributed by atoms with Gasteiger partial charge in [-0.2, -0.15) is 0 Å². The molecule has 1 aliphatic rings. The van der Waals surface area contributed by atoms with E-state index in [1.165, 1.54) is 7.11 Å². The van der Waals surface area contributed by atoms with Gasteiger partial charge in [0.05, 0.1) is 26.7 Å². The van der Waals surface area contributed by atoms with E-state index in [1.54, 1.807) is 30.2 Å². The molecule has 0 radical (unpaired) electrons. The van der Waals surface area contributed by atoms with Gasteiger partial charge in [0.2, 0.25) is 5.91 Å². The number of carbonyl (C=O) groups excluding carboxylic acids is 1. The number of likely N-dealkylation sites (N-methyl/N-ethyl adjacent to an activating group) is 1. The van der Waals surface area contributed by atoms with Gasteiger partial charge in [-0.05, 0) is 84.3 Å². The molecule has 1 amide bonds. The second-order valence-corrected chi connectivity index (χ2v) is 10.9. The Morgan fingerprint density at radius 1 is 1.03 bits per heavy atom. The molecule has 0 saturated heterocycles. The van der Waals surface area contributed by atoms with E-state index in [0.29, 0.717) is 23.6 Å². The van der Waals surface area contributed by atoms with Crippen LogP contribution in [-0.4, -0.2) is 40.5 Å². The van der Waals surface area contributed by atoms with Crippen LogP contribution in [0.15, 0.2) is 65.6 Å². The summed E-state index contributed by atoms with van der Waals surface area (Å²) in [6, 6.07) is 18.2. The highest BCUT2D eigenvalue weighted by Gasteiger charge is 2.28. The largest absolute Gasteiger partial charge is 0.497 e. The van der Waals surface area contributed by atoms with E-state index < -0.39 is 10.0 Å². The minimum absolute atomic E-state index is 0.00166. The number of fused-ring (bicyclic) bond motifs is 1. The number of rotatable bonds is 9. The normalized spacial score (nSPS) is 15.0. The summed E-state index contributed by atoms with van der Waals surface area (Å²) in [6.45, 7) is 1.97. The molecular formula is C29H34N2O5S. The number of carbonyl (C=O) groups is 1. The Kier molecular flexibility index (Phi) is 8.07. The number of amides is 1. The Hall–Kier alpha value is -3.52. The first-order valence-electron chi connectivity index (χ1n) is 12.5. The summed E-state index contributed by atoms with van der Waals surface area (Å²) < 4.78 is 40.0. The van der Waals surface area contributed by atoms with Gasteiger partial charge in [-0.25, -0.2) is 8.42 Å². The molecule has 0 aliphatic heterocycles. The first-order valence-corrected chi connectivity index (χ1v) is 13.9. The van der Waals surface area contributed by atoms with Crippen LogP contribution in [0, 0.1) is 0 Å². The van der Waals surface area contributed by atoms with Gasteiger partial charge in [0.15, 0.2) is 0 Å². The molecule has 7 nitrogen and oxygen atoms in total. The van der Waals surface area contributed by atoms with Crippen molar-refractivity contribution in [2.45, 2.75) is 50.0 Å². The summed E-state index contributed by atoms with van der Waals surface area (Å²) in [7, 11) is 1.00. The number of hydrogen-bond acceptors (Lipinski definition) is 5. The van der Waals surface area contributed by atoms with Crippen molar-refractivity contribution in [3.63, 3.8) is 0 Å². The molecule has 8 heteroatoms. The average molecular weight is 523 g/mol. The zero-order valence-corrected chi connectivity index (χ0v) is 22.6. The molecule has 1 atom stereocenters. The predicted octanol–water partition coefficient (Wildman–Crippen LogP) is 5.15. The monoisotopic (exact) mass is 522 g/mol. The van der Waals surface area contributed by atoms with Crippen LogP contribution in [0.25, 0.3) is 0 Å². The zero-order chi connectivity index (χ0) is 26.6. The fourth-order valence-corrected chi connectivity index (χ4v) is 6.13. The molecule has 3 aromatic rings. The van der Waals surface area contributed by atoms with Crippen LogP contribution in [0.4, 0.5) is 5.69 Å². The van der Waals surface area contributed by atoms with Gasteiger partial charge in [0.1, 0.15) is 16.4 Å². The minimum atomic E-state index is -3.88. The summed E-state index contributed by atoms with van der Waals surface area (Å²) in [5.41, 5.74) is 4.36. The van der Waals surface area contributed by atoms with Crippen LogP contribution in [0.5, 0.6) is 11.5 Å². The van der Waals surface area contributed by atoms with Crippen LogP contribution in [-0.2, 0) is 34.1 Å². The fraction of sp³-hybridized carbons (Fsp3) is 0.345. The van der Waals surface area contributed by atoms with Crippen molar-refractivity contribution in [1.29, 1.82) is 0 Å². The first-order chi connectivity index (χ1) is 17.7. The minimum Gasteiger partial charge on any atom is -0.497 e. The van der Waals surface area contributed by atoms with Crippen LogP contribution < -0.4 is 14.2 Å². The number of methoxy groups -OCH3 is 2. The number of sulfonamides is 1. The second kappa shape index (κ2) is 11.3. The molecule has 0 spiro atoms. The Labute approximate surface area is 219 Å². The highest BCUT2D eigenvalue weighted by atomic mass is 32.2. The molecule has 0 fully saturated rings. The third-order valence-corrected chi connectivity index (χ3v) is 8.36. The number of nitrogens with zero attached hydrogens (tertiary/aromatic N) is 1. The molecule has 1 aliphatic carbocycles. The van der Waals surface area contributed by atoms with E-state index in [1.807, 2.05) is 56.4 Å². The van der Waals surface area contributed by atoms with Crippen LogP contribution >= 0.6 is 0 Å². The third kappa shape index (κ3) is 5.91. The van der Waals surface area contributed by atoms with E-state index in [-0.39, 0.29) is 23.3 Å². The number of ether oxygens (including phenoxy) is 2. The Morgan fingerprint density at radius 2 is 1.84 bits per heavy atom. The van der Waals surface area contributed by atoms with Gasteiger partial charge < -0.3 is 14.4 Å². The van der Waals surface area contributed by atoms with Gasteiger partial charge >= 0.3 is 0 Å². The molecule has 3 aromatic carbocycles. The van der Waals surface area contributed by atoms with Gasteiger partial charge in [-0.3, -0.25) is 9.52 Å². The maximum atomic E-state index is 13.3. The molecular weight excluding hydrogens is 488 g/mol. The van der Waals surface area contributed by atoms with Gasteiger partial charge in [-0.15, -0.1) is 0 Å². The Morgan fingerprint density at radius 3 is 2.57 bits per heavy atom. The van der Waals surface area contributed by atoms with Crippen molar-refractivity contribution in [3.05, 3.63) is 82.9 Å². The predicted molar refractivity (Wildman–Crippen MR) is 145 cm³/mol. The number of aryl methyl sites for hydroxylation is 2. The topological polar surface area (TPSA) is 84.9 Å². The molecule has 0 heterocycles. The Balaban J connectivity index is 1.58. The van der Waals surface area contributed by atoms with E-state index in [9.17, 15) is 13.2 Å². The SMILES string of the molecule is CCc1ccc(OC)c(S(=O)(=O)Nc2ccc3c(c2)C(N(C)C(=O)Cc2cccc(OC)c2)CCC3)c1. The molecule has 0 saturated carbocycles. The van der Waals surface area contributed by atoms with Crippen molar-refractivity contribution < 1.29 is 22.7 Å². The van der Waals surface area contributed by atoms with Gasteiger partial charge in [0.25, 0.3) is 10.0 Å². The standard InChI is InChI=1S/C29H34N2O5S/c1-5-20-12-15-27(36-4)28(17-20)37(33,34)30-23-14-13-22-9-7-11-26(25(22)19-23)31(2)29(32)18-21-8-6-10-24(16-21)35-3/h6,8,10,12-17,19,26,30H,5,7,9,11,18H2,1-4H3. The lowest BCUT2D eigenvalue weighted by molar-refractivity contribution is -0.131. The zero-order valence-electron chi connectivity index (χ0n) is 21.8. The van der Waals surface area contributed by atoms with Crippen LogP contribution in [0.3, 0.4) is 0 Å². The van der Waals surface area contributed by atoms with Crippen LogP contribution in [0.1, 0.15) is 48.1 Å². The van der Waals surface area contributed by atoms with Crippen molar-refractivity contribution in [3.8, 4) is 11.5 Å².